The van der Waals surface area contributed by atoms with Gasteiger partial charge in [0, 0.05) is 17.2 Å². The molecular formula is C16H17NO. The smallest absolute Gasteiger partial charge is 0.123 e. The van der Waals surface area contributed by atoms with Crippen LogP contribution in [0, 0.1) is 13.8 Å². The minimum absolute atomic E-state index is 0.309. The molecule has 2 aromatic carbocycles. The monoisotopic (exact) mass is 239 g/mol. The fourth-order valence-corrected chi connectivity index (χ4v) is 2.73. The molecule has 1 aliphatic rings. The molecule has 0 unspecified atom stereocenters. The van der Waals surface area contributed by atoms with Gasteiger partial charge in [-0.15, -0.1) is 0 Å². The molecule has 0 aromatic heterocycles. The summed E-state index contributed by atoms with van der Waals surface area (Å²) in [5.74, 6) is 1.30. The number of nitrogen functional groups attached to an aromatic ring is 1. The highest BCUT2D eigenvalue weighted by atomic mass is 16.5. The van der Waals surface area contributed by atoms with Gasteiger partial charge < -0.3 is 10.5 Å². The van der Waals surface area contributed by atoms with E-state index < -0.39 is 0 Å². The Kier molecular flexibility index (Phi) is 2.51. The van der Waals surface area contributed by atoms with Gasteiger partial charge in [0.05, 0.1) is 6.61 Å². The molecule has 0 fully saturated rings. The Labute approximate surface area is 107 Å². The lowest BCUT2D eigenvalue weighted by atomic mass is 9.88. The van der Waals surface area contributed by atoms with Crippen molar-refractivity contribution in [1.29, 1.82) is 0 Å². The summed E-state index contributed by atoms with van der Waals surface area (Å²) in [6, 6.07) is 12.5. The summed E-state index contributed by atoms with van der Waals surface area (Å²) in [5, 5.41) is 0. The lowest BCUT2D eigenvalue weighted by Crippen LogP contribution is -2.04. The summed E-state index contributed by atoms with van der Waals surface area (Å²) in [7, 11) is 0. The molecule has 1 aliphatic heterocycles. The minimum atomic E-state index is 0.309. The van der Waals surface area contributed by atoms with Crippen molar-refractivity contribution in [3.8, 4) is 5.75 Å². The average Bonchev–Trinajstić information content (AvgIpc) is 2.81. The second-order valence-corrected chi connectivity index (χ2v) is 4.92. The predicted molar refractivity (Wildman–Crippen MR) is 74.1 cm³/mol. The minimum Gasteiger partial charge on any atom is -0.492 e. The molecule has 2 N–H and O–H groups in total. The van der Waals surface area contributed by atoms with Gasteiger partial charge in [0.25, 0.3) is 0 Å². The normalized spacial score (nSPS) is 17.3. The van der Waals surface area contributed by atoms with Crippen molar-refractivity contribution in [1.82, 2.24) is 0 Å². The van der Waals surface area contributed by atoms with Crippen LogP contribution < -0.4 is 10.5 Å². The van der Waals surface area contributed by atoms with E-state index in [1.807, 2.05) is 13.0 Å². The fraction of sp³-hybridized carbons (Fsp3) is 0.250. The van der Waals surface area contributed by atoms with E-state index in [2.05, 4.69) is 37.3 Å². The summed E-state index contributed by atoms with van der Waals surface area (Å²) in [6.07, 6.45) is 0. The predicted octanol–water partition coefficient (Wildman–Crippen LogP) is 3.41. The highest BCUT2D eigenvalue weighted by molar-refractivity contribution is 5.64. The van der Waals surface area contributed by atoms with Gasteiger partial charge in [0.15, 0.2) is 0 Å². The molecule has 2 aromatic rings. The molecule has 0 saturated carbocycles. The molecule has 2 heteroatoms. The van der Waals surface area contributed by atoms with E-state index in [0.717, 1.165) is 22.6 Å². The zero-order chi connectivity index (χ0) is 12.7. The molecule has 1 heterocycles. The van der Waals surface area contributed by atoms with Gasteiger partial charge in [-0.05, 0) is 36.6 Å². The number of benzene rings is 2. The highest BCUT2D eigenvalue weighted by Crippen LogP contribution is 2.43. The van der Waals surface area contributed by atoms with Crippen LogP contribution in [0.15, 0.2) is 36.4 Å². The van der Waals surface area contributed by atoms with Gasteiger partial charge in [-0.2, -0.15) is 0 Å². The Hall–Kier alpha value is -1.96. The van der Waals surface area contributed by atoms with Crippen molar-refractivity contribution in [3.63, 3.8) is 0 Å². The number of hydrogen-bond acceptors (Lipinski definition) is 2. The van der Waals surface area contributed by atoms with Gasteiger partial charge in [0.1, 0.15) is 5.75 Å². The Morgan fingerprint density at radius 1 is 1.17 bits per heavy atom. The van der Waals surface area contributed by atoms with E-state index in [9.17, 15) is 0 Å². The van der Waals surface area contributed by atoms with Crippen LogP contribution in [-0.4, -0.2) is 6.61 Å². The largest absolute Gasteiger partial charge is 0.492 e. The van der Waals surface area contributed by atoms with E-state index in [1.54, 1.807) is 0 Å². The second-order valence-electron chi connectivity index (χ2n) is 4.92. The molecule has 0 bridgehead atoms. The Bertz CT molecular complexity index is 590. The summed E-state index contributed by atoms with van der Waals surface area (Å²) in [5.41, 5.74) is 11.8. The summed E-state index contributed by atoms with van der Waals surface area (Å²) < 4.78 is 5.83. The zero-order valence-electron chi connectivity index (χ0n) is 10.7. The first-order valence-corrected chi connectivity index (χ1v) is 6.26. The van der Waals surface area contributed by atoms with Crippen LogP contribution in [-0.2, 0) is 0 Å². The summed E-state index contributed by atoms with van der Waals surface area (Å²) in [6.45, 7) is 4.83. The average molecular weight is 239 g/mol. The lowest BCUT2D eigenvalue weighted by Gasteiger charge is -2.14. The number of anilines is 1. The van der Waals surface area contributed by atoms with Crippen LogP contribution in [0.1, 0.15) is 28.2 Å². The SMILES string of the molecule is Cc1cc2c(c(C)c1N)[C@H](c1ccccc1)CO2. The molecule has 2 nitrogen and oxygen atoms in total. The van der Waals surface area contributed by atoms with Crippen LogP contribution in [0.2, 0.25) is 0 Å². The molecule has 3 rings (SSSR count). The number of fused-ring (bicyclic) bond motifs is 1. The Morgan fingerprint density at radius 3 is 2.61 bits per heavy atom. The summed E-state index contributed by atoms with van der Waals surface area (Å²) >= 11 is 0. The van der Waals surface area contributed by atoms with E-state index in [0.29, 0.717) is 12.5 Å². The molecular weight excluding hydrogens is 222 g/mol. The molecule has 92 valence electrons. The van der Waals surface area contributed by atoms with Crippen molar-refractivity contribution < 1.29 is 4.74 Å². The topological polar surface area (TPSA) is 35.2 Å². The van der Waals surface area contributed by atoms with Crippen LogP contribution in [0.4, 0.5) is 5.69 Å². The number of rotatable bonds is 1. The fourth-order valence-electron chi connectivity index (χ4n) is 2.73. The van der Waals surface area contributed by atoms with E-state index >= 15 is 0 Å². The third-order valence-electron chi connectivity index (χ3n) is 3.80. The van der Waals surface area contributed by atoms with Crippen molar-refractivity contribution in [2.75, 3.05) is 12.3 Å². The quantitative estimate of drug-likeness (QED) is 0.774. The molecule has 1 atom stereocenters. The maximum absolute atomic E-state index is 6.14. The first kappa shape index (κ1) is 11.1. The van der Waals surface area contributed by atoms with Crippen molar-refractivity contribution in [3.05, 3.63) is 58.7 Å². The van der Waals surface area contributed by atoms with E-state index in [1.165, 1.54) is 11.1 Å². The molecule has 0 aliphatic carbocycles. The maximum atomic E-state index is 6.14. The standard InChI is InChI=1S/C16H17NO/c1-10-8-14-15(11(2)16(10)17)13(9-18-14)12-6-4-3-5-7-12/h3-8,13H,9,17H2,1-2H3/t13-/m0/s1. The molecule has 18 heavy (non-hydrogen) atoms. The zero-order valence-corrected chi connectivity index (χ0v) is 10.7. The second kappa shape index (κ2) is 4.05. The van der Waals surface area contributed by atoms with Gasteiger partial charge in [-0.25, -0.2) is 0 Å². The van der Waals surface area contributed by atoms with Crippen LogP contribution >= 0.6 is 0 Å². The van der Waals surface area contributed by atoms with Crippen LogP contribution in [0.5, 0.6) is 5.75 Å². The third-order valence-corrected chi connectivity index (χ3v) is 3.80. The van der Waals surface area contributed by atoms with Crippen molar-refractivity contribution in [2.45, 2.75) is 19.8 Å². The molecule has 0 radical (unpaired) electrons. The lowest BCUT2D eigenvalue weighted by molar-refractivity contribution is 0.343. The van der Waals surface area contributed by atoms with E-state index in [-0.39, 0.29) is 0 Å². The maximum Gasteiger partial charge on any atom is 0.123 e. The number of ether oxygens (including phenoxy) is 1. The number of nitrogens with two attached hydrogens (primary N) is 1. The molecule has 0 amide bonds. The highest BCUT2D eigenvalue weighted by Gasteiger charge is 2.28. The first-order chi connectivity index (χ1) is 8.68. The van der Waals surface area contributed by atoms with Gasteiger partial charge in [-0.1, -0.05) is 30.3 Å². The van der Waals surface area contributed by atoms with Crippen LogP contribution in [0.3, 0.4) is 0 Å². The Balaban J connectivity index is 2.15. The summed E-state index contributed by atoms with van der Waals surface area (Å²) in [4.78, 5) is 0. The van der Waals surface area contributed by atoms with E-state index in [4.69, 9.17) is 10.5 Å². The van der Waals surface area contributed by atoms with Gasteiger partial charge in [0.2, 0.25) is 0 Å². The number of aryl methyl sites for hydroxylation is 1. The first-order valence-electron chi connectivity index (χ1n) is 6.26. The Morgan fingerprint density at radius 2 is 1.89 bits per heavy atom. The number of hydrogen-bond donors (Lipinski definition) is 1. The molecule has 0 saturated heterocycles. The van der Waals surface area contributed by atoms with Crippen molar-refractivity contribution in [2.24, 2.45) is 0 Å². The van der Waals surface area contributed by atoms with Crippen LogP contribution in [0.25, 0.3) is 0 Å². The molecule has 0 spiro atoms. The third kappa shape index (κ3) is 1.57. The van der Waals surface area contributed by atoms with Gasteiger partial charge >= 0.3 is 0 Å². The van der Waals surface area contributed by atoms with Gasteiger partial charge in [-0.3, -0.25) is 0 Å². The van der Waals surface area contributed by atoms with Crippen molar-refractivity contribution >= 4 is 5.69 Å².